The third kappa shape index (κ3) is 2.92. The number of aliphatic hydroxyl groups is 1. The van der Waals surface area contributed by atoms with Gasteiger partial charge in [0.1, 0.15) is 11.3 Å². The van der Waals surface area contributed by atoms with Gasteiger partial charge in [-0.2, -0.15) is 0 Å². The molecule has 1 heterocycles. The number of hydrogen-bond acceptors (Lipinski definition) is 3. The van der Waals surface area contributed by atoms with E-state index in [1.807, 2.05) is 20.8 Å². The first-order valence-corrected chi connectivity index (χ1v) is 6.65. The van der Waals surface area contributed by atoms with Crippen molar-refractivity contribution in [2.45, 2.75) is 53.0 Å². The summed E-state index contributed by atoms with van der Waals surface area (Å²) in [5.74, 6) is -0.337. The zero-order valence-electron chi connectivity index (χ0n) is 11.7. The van der Waals surface area contributed by atoms with E-state index >= 15 is 0 Å². The molecule has 1 aliphatic heterocycles. The molecule has 4 nitrogen and oxygen atoms in total. The van der Waals surface area contributed by atoms with Crippen LogP contribution in [0.15, 0.2) is 11.3 Å². The number of aliphatic hydroxyl groups excluding tert-OH is 1. The molecule has 0 spiro atoms. The molecule has 1 saturated heterocycles. The van der Waals surface area contributed by atoms with Crippen LogP contribution in [0.2, 0.25) is 0 Å². The van der Waals surface area contributed by atoms with Crippen LogP contribution in [0.25, 0.3) is 0 Å². The Morgan fingerprint density at radius 1 is 1.39 bits per heavy atom. The molecule has 0 aromatic carbocycles. The molecular formula is C14H23NO3. The summed E-state index contributed by atoms with van der Waals surface area (Å²) in [5, 5.41) is 9.50. The lowest BCUT2D eigenvalue weighted by Gasteiger charge is -2.24. The predicted molar refractivity (Wildman–Crippen MR) is 70.2 cm³/mol. The van der Waals surface area contributed by atoms with Gasteiger partial charge in [0.05, 0.1) is 6.04 Å². The number of Topliss-reactive ketones (excluding diaryl/α,β-unsaturated/α-hetero) is 1. The summed E-state index contributed by atoms with van der Waals surface area (Å²) in [5.41, 5.74) is -0.0169. The van der Waals surface area contributed by atoms with E-state index in [4.69, 9.17) is 0 Å². The standard InChI is InChI=1S/C14H23NO3/c1-5-6-7-15-11(8-9(2)3)13(17)12(10(4)16)14(15)18/h9,11,16H,5-8H2,1-4H3/b12-10-. The lowest BCUT2D eigenvalue weighted by Crippen LogP contribution is -2.37. The topological polar surface area (TPSA) is 57.6 Å². The van der Waals surface area contributed by atoms with Crippen LogP contribution >= 0.6 is 0 Å². The van der Waals surface area contributed by atoms with Gasteiger partial charge in [-0.3, -0.25) is 9.59 Å². The Bertz CT molecular complexity index is 367. The molecule has 1 rings (SSSR count). The van der Waals surface area contributed by atoms with Crippen LogP contribution in [0, 0.1) is 5.92 Å². The number of ketones is 1. The lowest BCUT2D eigenvalue weighted by atomic mass is 9.99. The molecule has 0 radical (unpaired) electrons. The number of amides is 1. The van der Waals surface area contributed by atoms with Gasteiger partial charge in [-0.1, -0.05) is 27.2 Å². The first-order valence-electron chi connectivity index (χ1n) is 6.65. The number of nitrogens with zero attached hydrogens (tertiary/aromatic N) is 1. The number of likely N-dealkylation sites (tertiary alicyclic amines) is 1. The van der Waals surface area contributed by atoms with Crippen LogP contribution in [-0.4, -0.2) is 34.3 Å². The van der Waals surface area contributed by atoms with E-state index in [0.29, 0.717) is 18.9 Å². The summed E-state index contributed by atoms with van der Waals surface area (Å²) >= 11 is 0. The van der Waals surface area contributed by atoms with E-state index in [1.54, 1.807) is 4.90 Å². The highest BCUT2D eigenvalue weighted by molar-refractivity contribution is 6.26. The van der Waals surface area contributed by atoms with Crippen molar-refractivity contribution in [3.05, 3.63) is 11.3 Å². The van der Waals surface area contributed by atoms with Crippen LogP contribution < -0.4 is 0 Å². The molecule has 1 atom stereocenters. The molecule has 18 heavy (non-hydrogen) atoms. The second kappa shape index (κ2) is 6.03. The molecular weight excluding hydrogens is 230 g/mol. The molecule has 4 heteroatoms. The highest BCUT2D eigenvalue weighted by Gasteiger charge is 2.43. The number of carbonyl (C=O) groups is 2. The summed E-state index contributed by atoms with van der Waals surface area (Å²) in [6.45, 7) is 8.11. The highest BCUT2D eigenvalue weighted by atomic mass is 16.3. The second-order valence-corrected chi connectivity index (χ2v) is 5.32. The Balaban J connectivity index is 3.00. The summed E-state index contributed by atoms with van der Waals surface area (Å²) in [6.07, 6.45) is 2.51. The van der Waals surface area contributed by atoms with Gasteiger partial charge >= 0.3 is 0 Å². The first kappa shape index (κ1) is 14.7. The summed E-state index contributed by atoms with van der Waals surface area (Å²) in [4.78, 5) is 26.0. The van der Waals surface area contributed by atoms with E-state index < -0.39 is 0 Å². The number of allylic oxidation sites excluding steroid dienone is 1. The highest BCUT2D eigenvalue weighted by Crippen LogP contribution is 2.27. The van der Waals surface area contributed by atoms with E-state index in [-0.39, 0.29) is 29.1 Å². The Kier molecular flexibility index (Phi) is 4.93. The van der Waals surface area contributed by atoms with Gasteiger partial charge in [-0.05, 0) is 25.7 Å². The molecule has 1 amide bonds. The molecule has 0 aliphatic carbocycles. The second-order valence-electron chi connectivity index (χ2n) is 5.32. The summed E-state index contributed by atoms with van der Waals surface area (Å²) < 4.78 is 0. The fraction of sp³-hybridized carbons (Fsp3) is 0.714. The van der Waals surface area contributed by atoms with Gasteiger partial charge in [0, 0.05) is 6.54 Å². The van der Waals surface area contributed by atoms with Crippen molar-refractivity contribution in [2.75, 3.05) is 6.54 Å². The smallest absolute Gasteiger partial charge is 0.261 e. The first-order chi connectivity index (χ1) is 8.40. The third-order valence-electron chi connectivity index (χ3n) is 3.21. The van der Waals surface area contributed by atoms with Crippen LogP contribution in [0.3, 0.4) is 0 Å². The molecule has 1 N–H and O–H groups in total. The van der Waals surface area contributed by atoms with E-state index in [2.05, 4.69) is 0 Å². The van der Waals surface area contributed by atoms with Crippen molar-refractivity contribution in [1.82, 2.24) is 4.90 Å². The zero-order valence-corrected chi connectivity index (χ0v) is 11.7. The molecule has 0 saturated carbocycles. The average Bonchev–Trinajstić information content (AvgIpc) is 2.48. The fourth-order valence-corrected chi connectivity index (χ4v) is 2.30. The molecule has 1 aliphatic rings. The largest absolute Gasteiger partial charge is 0.512 e. The molecule has 0 aromatic rings. The van der Waals surface area contributed by atoms with Crippen molar-refractivity contribution >= 4 is 11.7 Å². The summed E-state index contributed by atoms with van der Waals surface area (Å²) in [7, 11) is 0. The Morgan fingerprint density at radius 3 is 2.44 bits per heavy atom. The van der Waals surface area contributed by atoms with Crippen molar-refractivity contribution in [3.63, 3.8) is 0 Å². The molecule has 0 aromatic heterocycles. The average molecular weight is 253 g/mol. The van der Waals surface area contributed by atoms with Gasteiger partial charge in [0.15, 0.2) is 5.78 Å². The van der Waals surface area contributed by atoms with E-state index in [1.165, 1.54) is 6.92 Å². The molecule has 1 fully saturated rings. The number of rotatable bonds is 5. The maximum atomic E-state index is 12.2. The predicted octanol–water partition coefficient (Wildman–Crippen LogP) is 2.44. The Hall–Kier alpha value is -1.32. The van der Waals surface area contributed by atoms with Crippen LogP contribution in [-0.2, 0) is 9.59 Å². The quantitative estimate of drug-likeness (QED) is 0.465. The SMILES string of the molecule is CCCCN1C(=O)/C(=C(/C)O)C(=O)C1CC(C)C. The van der Waals surface area contributed by atoms with Gasteiger partial charge in [0.25, 0.3) is 5.91 Å². The van der Waals surface area contributed by atoms with Gasteiger partial charge in [0.2, 0.25) is 0 Å². The minimum absolute atomic E-state index is 0.0169. The number of carbonyl (C=O) groups excluding carboxylic acids is 2. The van der Waals surface area contributed by atoms with Gasteiger partial charge in [-0.25, -0.2) is 0 Å². The van der Waals surface area contributed by atoms with Crippen molar-refractivity contribution < 1.29 is 14.7 Å². The van der Waals surface area contributed by atoms with E-state index in [0.717, 1.165) is 12.8 Å². The lowest BCUT2D eigenvalue weighted by molar-refractivity contribution is -0.127. The Morgan fingerprint density at radius 2 is 2.00 bits per heavy atom. The van der Waals surface area contributed by atoms with Crippen molar-refractivity contribution in [3.8, 4) is 0 Å². The number of hydrogen-bond donors (Lipinski definition) is 1. The molecule has 1 unspecified atom stereocenters. The van der Waals surface area contributed by atoms with E-state index in [9.17, 15) is 14.7 Å². The van der Waals surface area contributed by atoms with Gasteiger partial charge in [-0.15, -0.1) is 0 Å². The van der Waals surface area contributed by atoms with Crippen molar-refractivity contribution in [1.29, 1.82) is 0 Å². The third-order valence-corrected chi connectivity index (χ3v) is 3.21. The van der Waals surface area contributed by atoms with Crippen molar-refractivity contribution in [2.24, 2.45) is 5.92 Å². The maximum absolute atomic E-state index is 12.2. The molecule has 0 bridgehead atoms. The molecule has 102 valence electrons. The number of unbranched alkanes of at least 4 members (excludes halogenated alkanes) is 1. The van der Waals surface area contributed by atoms with Crippen LogP contribution in [0.5, 0.6) is 0 Å². The maximum Gasteiger partial charge on any atom is 0.261 e. The van der Waals surface area contributed by atoms with Gasteiger partial charge < -0.3 is 10.0 Å². The van der Waals surface area contributed by atoms with Crippen LogP contribution in [0.1, 0.15) is 47.0 Å². The minimum Gasteiger partial charge on any atom is -0.512 e. The fourth-order valence-electron chi connectivity index (χ4n) is 2.30. The minimum atomic E-state index is -0.388. The Labute approximate surface area is 109 Å². The normalized spacial score (nSPS) is 23.2. The monoisotopic (exact) mass is 253 g/mol. The zero-order chi connectivity index (χ0) is 13.9. The van der Waals surface area contributed by atoms with Crippen LogP contribution in [0.4, 0.5) is 0 Å². The summed E-state index contributed by atoms with van der Waals surface area (Å²) in [6, 6.07) is -0.388.